The van der Waals surface area contributed by atoms with Crippen LogP contribution >= 0.6 is 0 Å². The van der Waals surface area contributed by atoms with Gasteiger partial charge in [-0.1, -0.05) is 6.07 Å². The van der Waals surface area contributed by atoms with Gasteiger partial charge >= 0.3 is 0 Å². The molecule has 1 aromatic rings. The highest BCUT2D eigenvalue weighted by atomic mass is 32.2. The fourth-order valence-electron chi connectivity index (χ4n) is 1.02. The third-order valence-corrected chi connectivity index (χ3v) is 3.55. The quantitative estimate of drug-likeness (QED) is 0.819. The predicted octanol–water partition coefficient (Wildman–Crippen LogP) is 0.539. The van der Waals surface area contributed by atoms with Gasteiger partial charge in [0.25, 0.3) is 10.2 Å². The maximum Gasteiger partial charge on any atom is 0.279 e. The topological polar surface area (TPSA) is 62.3 Å². The average Bonchev–Trinajstić information content (AvgIpc) is 2.18. The van der Waals surface area contributed by atoms with Gasteiger partial charge in [0.05, 0.1) is 11.7 Å². The molecule has 0 saturated heterocycles. The number of nitrogens with one attached hydrogen (secondary N) is 1. The Labute approximate surface area is 90.3 Å². The van der Waals surface area contributed by atoms with E-state index in [9.17, 15) is 8.42 Å². The fraction of sp³-hybridized carbons (Fsp3) is 0.444. The molecule has 6 heteroatoms. The minimum Gasteiger partial charge on any atom is -0.260 e. The van der Waals surface area contributed by atoms with Crippen LogP contribution in [0.2, 0.25) is 0 Å². The van der Waals surface area contributed by atoms with Gasteiger partial charge in [0.2, 0.25) is 0 Å². The van der Waals surface area contributed by atoms with Crippen LogP contribution in [-0.2, 0) is 10.2 Å². The highest BCUT2D eigenvalue weighted by Crippen LogP contribution is 2.09. The van der Waals surface area contributed by atoms with Crippen LogP contribution in [0.15, 0.2) is 24.4 Å². The van der Waals surface area contributed by atoms with E-state index in [2.05, 4.69) is 9.71 Å². The molecule has 1 aromatic heterocycles. The van der Waals surface area contributed by atoms with Crippen LogP contribution in [0, 0.1) is 0 Å². The first-order chi connectivity index (χ1) is 6.93. The third-order valence-electron chi connectivity index (χ3n) is 1.94. The molecule has 84 valence electrons. The highest BCUT2D eigenvalue weighted by molar-refractivity contribution is 7.87. The van der Waals surface area contributed by atoms with Gasteiger partial charge < -0.3 is 0 Å². The first-order valence-electron chi connectivity index (χ1n) is 4.54. The summed E-state index contributed by atoms with van der Waals surface area (Å²) in [4.78, 5) is 4.08. The van der Waals surface area contributed by atoms with Crippen molar-refractivity contribution in [1.82, 2.24) is 14.0 Å². The summed E-state index contributed by atoms with van der Waals surface area (Å²) in [6, 6.07) is 5.06. The van der Waals surface area contributed by atoms with Crippen molar-refractivity contribution in [3.63, 3.8) is 0 Å². The van der Waals surface area contributed by atoms with Crippen molar-refractivity contribution in [2.24, 2.45) is 0 Å². The number of pyridine rings is 1. The Morgan fingerprint density at radius 1 is 1.40 bits per heavy atom. The number of rotatable bonds is 4. The van der Waals surface area contributed by atoms with Crippen molar-refractivity contribution in [2.45, 2.75) is 13.0 Å². The maximum atomic E-state index is 11.5. The Hall–Kier alpha value is -0.980. The van der Waals surface area contributed by atoms with E-state index in [1.54, 1.807) is 25.3 Å². The summed E-state index contributed by atoms with van der Waals surface area (Å²) in [6.45, 7) is 1.75. The molecule has 0 bridgehead atoms. The Bertz CT molecular complexity index is 403. The lowest BCUT2D eigenvalue weighted by Crippen LogP contribution is -2.37. The summed E-state index contributed by atoms with van der Waals surface area (Å²) >= 11 is 0. The Kier molecular flexibility index (Phi) is 3.78. The van der Waals surface area contributed by atoms with E-state index in [4.69, 9.17) is 0 Å². The molecule has 0 saturated carbocycles. The molecule has 1 heterocycles. The Morgan fingerprint density at radius 2 is 2.07 bits per heavy atom. The molecule has 0 aliphatic carbocycles. The van der Waals surface area contributed by atoms with E-state index in [1.165, 1.54) is 14.1 Å². The van der Waals surface area contributed by atoms with Crippen molar-refractivity contribution in [3.05, 3.63) is 30.1 Å². The van der Waals surface area contributed by atoms with E-state index in [1.807, 2.05) is 6.07 Å². The predicted molar refractivity (Wildman–Crippen MR) is 58.4 cm³/mol. The summed E-state index contributed by atoms with van der Waals surface area (Å²) < 4.78 is 26.6. The molecule has 1 atom stereocenters. The molecule has 0 radical (unpaired) electrons. The van der Waals surface area contributed by atoms with Crippen LogP contribution in [0.3, 0.4) is 0 Å². The molecule has 15 heavy (non-hydrogen) atoms. The molecule has 0 aromatic carbocycles. The smallest absolute Gasteiger partial charge is 0.260 e. The van der Waals surface area contributed by atoms with Gasteiger partial charge in [-0.2, -0.15) is 17.4 Å². The zero-order valence-electron chi connectivity index (χ0n) is 9.01. The standard InChI is InChI=1S/C9H15N3O2S/c1-8(9-6-4-5-7-10-9)11-15(13,14)12(2)3/h4-8,11H,1-3H3. The lowest BCUT2D eigenvalue weighted by atomic mass is 10.2. The average molecular weight is 229 g/mol. The highest BCUT2D eigenvalue weighted by Gasteiger charge is 2.18. The second-order valence-corrected chi connectivity index (χ2v) is 5.30. The number of hydrogen-bond donors (Lipinski definition) is 1. The van der Waals surface area contributed by atoms with Crippen molar-refractivity contribution in [3.8, 4) is 0 Å². The van der Waals surface area contributed by atoms with Crippen molar-refractivity contribution in [2.75, 3.05) is 14.1 Å². The molecular formula is C9H15N3O2S. The molecular weight excluding hydrogens is 214 g/mol. The summed E-state index contributed by atoms with van der Waals surface area (Å²) in [5.41, 5.74) is 0.697. The number of aromatic nitrogens is 1. The van der Waals surface area contributed by atoms with Gasteiger partial charge in [0.1, 0.15) is 0 Å². The van der Waals surface area contributed by atoms with Crippen LogP contribution < -0.4 is 4.72 Å². The Morgan fingerprint density at radius 3 is 2.53 bits per heavy atom. The van der Waals surface area contributed by atoms with Crippen molar-refractivity contribution in [1.29, 1.82) is 0 Å². The van der Waals surface area contributed by atoms with Gasteiger partial charge in [-0.3, -0.25) is 4.98 Å². The molecule has 0 aliphatic rings. The molecule has 5 nitrogen and oxygen atoms in total. The summed E-state index contributed by atoms with van der Waals surface area (Å²) in [7, 11) is -0.443. The van der Waals surface area contributed by atoms with Gasteiger partial charge in [-0.15, -0.1) is 0 Å². The van der Waals surface area contributed by atoms with E-state index >= 15 is 0 Å². The molecule has 1 N–H and O–H groups in total. The second-order valence-electron chi connectivity index (χ2n) is 3.38. The Balaban J connectivity index is 2.77. The molecule has 1 unspecified atom stereocenters. The van der Waals surface area contributed by atoms with Crippen LogP contribution in [-0.4, -0.2) is 31.8 Å². The van der Waals surface area contributed by atoms with Gasteiger partial charge in [-0.05, 0) is 19.1 Å². The monoisotopic (exact) mass is 229 g/mol. The lowest BCUT2D eigenvalue weighted by molar-refractivity contribution is 0.493. The van der Waals surface area contributed by atoms with Gasteiger partial charge in [0.15, 0.2) is 0 Å². The zero-order valence-corrected chi connectivity index (χ0v) is 9.82. The molecule has 0 aliphatic heterocycles. The van der Waals surface area contributed by atoms with Crippen LogP contribution in [0.5, 0.6) is 0 Å². The van der Waals surface area contributed by atoms with E-state index < -0.39 is 10.2 Å². The zero-order chi connectivity index (χ0) is 11.5. The van der Waals surface area contributed by atoms with E-state index in [0.717, 1.165) is 4.31 Å². The molecule has 0 fully saturated rings. The summed E-state index contributed by atoms with van der Waals surface area (Å²) in [5.74, 6) is 0. The van der Waals surface area contributed by atoms with Gasteiger partial charge in [-0.25, -0.2) is 0 Å². The van der Waals surface area contributed by atoms with Crippen molar-refractivity contribution >= 4 is 10.2 Å². The van der Waals surface area contributed by atoms with Crippen LogP contribution in [0.1, 0.15) is 18.7 Å². The minimum absolute atomic E-state index is 0.335. The van der Waals surface area contributed by atoms with Crippen molar-refractivity contribution < 1.29 is 8.42 Å². The summed E-state index contributed by atoms with van der Waals surface area (Å²) in [5, 5.41) is 0. The molecule has 0 amide bonds. The third kappa shape index (κ3) is 3.26. The maximum absolute atomic E-state index is 11.5. The summed E-state index contributed by atoms with van der Waals surface area (Å²) in [6.07, 6.45) is 1.63. The minimum atomic E-state index is -3.40. The van der Waals surface area contributed by atoms with E-state index in [0.29, 0.717) is 5.69 Å². The normalized spacial score (nSPS) is 14.1. The fourth-order valence-corrected chi connectivity index (χ4v) is 1.80. The molecule has 0 spiro atoms. The first kappa shape index (κ1) is 12.1. The van der Waals surface area contributed by atoms with E-state index in [-0.39, 0.29) is 6.04 Å². The van der Waals surface area contributed by atoms with Gasteiger partial charge in [0, 0.05) is 20.3 Å². The SMILES string of the molecule is CC(NS(=O)(=O)N(C)C)c1ccccn1. The number of hydrogen-bond acceptors (Lipinski definition) is 3. The largest absolute Gasteiger partial charge is 0.279 e. The van der Waals surface area contributed by atoms with Crippen LogP contribution in [0.25, 0.3) is 0 Å². The van der Waals surface area contributed by atoms with Crippen LogP contribution in [0.4, 0.5) is 0 Å². The second kappa shape index (κ2) is 4.69. The lowest BCUT2D eigenvalue weighted by Gasteiger charge is -2.17. The number of nitrogens with zero attached hydrogens (tertiary/aromatic N) is 2. The molecule has 1 rings (SSSR count). The first-order valence-corrected chi connectivity index (χ1v) is 5.98.